The lowest BCUT2D eigenvalue weighted by Crippen LogP contribution is -1.98. The zero-order valence-corrected chi connectivity index (χ0v) is 8.71. The quantitative estimate of drug-likeness (QED) is 0.764. The summed E-state index contributed by atoms with van der Waals surface area (Å²) >= 11 is 0. The summed E-state index contributed by atoms with van der Waals surface area (Å²) in [5.41, 5.74) is 1.55. The molecular weight excluding hydrogens is 216 g/mol. The fourth-order valence-electron chi connectivity index (χ4n) is 1.25. The molecule has 1 aromatic heterocycles. The third-order valence-electron chi connectivity index (χ3n) is 1.97. The highest BCUT2D eigenvalue weighted by Gasteiger charge is 2.12. The Morgan fingerprint density at radius 3 is 2.73 bits per heavy atom. The maximum absolute atomic E-state index is 11.2. The fourth-order valence-corrected chi connectivity index (χ4v) is 1.81. The number of aromatic nitrogens is 2. The number of rotatable bonds is 2. The summed E-state index contributed by atoms with van der Waals surface area (Å²) in [6.45, 7) is 0. The second-order valence-electron chi connectivity index (χ2n) is 3.21. The van der Waals surface area contributed by atoms with Crippen molar-refractivity contribution in [2.24, 2.45) is 0 Å². The van der Waals surface area contributed by atoms with Gasteiger partial charge in [0.05, 0.1) is 11.0 Å². The van der Waals surface area contributed by atoms with E-state index in [1.54, 1.807) is 18.2 Å². The molecule has 0 amide bonds. The fraction of sp³-hybridized carbons (Fsp3) is 0.111. The predicted octanol–water partition coefficient (Wildman–Crippen LogP) is 0.779. The molecule has 2 aromatic rings. The molecule has 0 saturated heterocycles. The van der Waals surface area contributed by atoms with Crippen LogP contribution in [0.4, 0.5) is 0 Å². The van der Waals surface area contributed by atoms with E-state index >= 15 is 0 Å². The van der Waals surface area contributed by atoms with Crippen LogP contribution in [0, 0.1) is 0 Å². The minimum Gasteiger partial charge on any atom is -0.329 e. The molecule has 2 rings (SSSR count). The average molecular weight is 224 g/mol. The van der Waals surface area contributed by atoms with Crippen LogP contribution in [-0.4, -0.2) is 30.9 Å². The van der Waals surface area contributed by atoms with Crippen LogP contribution in [0.25, 0.3) is 11.0 Å². The standard InChI is InChI=1S/C9H8N2O3S/c1-15(13,14)9-10-7-3-2-6(5-12)4-8(7)11-9/h2-5H,1H3,(H,10,11). The van der Waals surface area contributed by atoms with E-state index in [-0.39, 0.29) is 5.16 Å². The van der Waals surface area contributed by atoms with Crippen LogP contribution < -0.4 is 0 Å². The van der Waals surface area contributed by atoms with Gasteiger partial charge in [0.2, 0.25) is 15.0 Å². The van der Waals surface area contributed by atoms with Crippen LogP contribution in [0.5, 0.6) is 0 Å². The first kappa shape index (κ1) is 9.85. The number of aldehydes is 1. The first-order valence-electron chi connectivity index (χ1n) is 4.16. The van der Waals surface area contributed by atoms with Gasteiger partial charge in [-0.05, 0) is 18.2 Å². The van der Waals surface area contributed by atoms with Crippen molar-refractivity contribution >= 4 is 27.2 Å². The SMILES string of the molecule is CS(=O)(=O)c1nc2ccc(C=O)cc2[nH]1. The van der Waals surface area contributed by atoms with Crippen molar-refractivity contribution < 1.29 is 13.2 Å². The molecule has 5 nitrogen and oxygen atoms in total. The summed E-state index contributed by atoms with van der Waals surface area (Å²) in [7, 11) is -3.34. The molecule has 1 heterocycles. The smallest absolute Gasteiger partial charge is 0.225 e. The lowest BCUT2D eigenvalue weighted by molar-refractivity contribution is 0.112. The zero-order valence-electron chi connectivity index (χ0n) is 7.89. The van der Waals surface area contributed by atoms with Crippen LogP contribution in [0.15, 0.2) is 23.4 Å². The molecule has 0 aliphatic rings. The molecule has 78 valence electrons. The van der Waals surface area contributed by atoms with Gasteiger partial charge in [-0.2, -0.15) is 0 Å². The minimum absolute atomic E-state index is 0.0828. The van der Waals surface area contributed by atoms with Gasteiger partial charge in [-0.1, -0.05) is 0 Å². The van der Waals surface area contributed by atoms with Crippen molar-refractivity contribution in [2.75, 3.05) is 6.26 Å². The van der Waals surface area contributed by atoms with Gasteiger partial charge in [0.15, 0.2) is 0 Å². The number of carbonyl (C=O) groups is 1. The first-order valence-corrected chi connectivity index (χ1v) is 6.05. The highest BCUT2D eigenvalue weighted by atomic mass is 32.2. The second kappa shape index (κ2) is 3.16. The van der Waals surface area contributed by atoms with Crippen LogP contribution >= 0.6 is 0 Å². The lowest BCUT2D eigenvalue weighted by atomic mass is 10.2. The van der Waals surface area contributed by atoms with E-state index in [1.807, 2.05) is 0 Å². The maximum atomic E-state index is 11.2. The van der Waals surface area contributed by atoms with E-state index in [2.05, 4.69) is 9.97 Å². The van der Waals surface area contributed by atoms with E-state index in [4.69, 9.17) is 0 Å². The van der Waals surface area contributed by atoms with E-state index in [9.17, 15) is 13.2 Å². The van der Waals surface area contributed by atoms with Gasteiger partial charge >= 0.3 is 0 Å². The van der Waals surface area contributed by atoms with Crippen molar-refractivity contribution in [3.05, 3.63) is 23.8 Å². The van der Waals surface area contributed by atoms with Gasteiger partial charge in [0.25, 0.3) is 0 Å². The van der Waals surface area contributed by atoms with Crippen LogP contribution in [0.1, 0.15) is 10.4 Å². The molecule has 0 unspecified atom stereocenters. The largest absolute Gasteiger partial charge is 0.329 e. The number of imidazole rings is 1. The number of hydrogen-bond acceptors (Lipinski definition) is 4. The number of fused-ring (bicyclic) bond motifs is 1. The van der Waals surface area contributed by atoms with Crippen LogP contribution in [0.2, 0.25) is 0 Å². The summed E-state index contributed by atoms with van der Waals surface area (Å²) in [6.07, 6.45) is 1.77. The van der Waals surface area contributed by atoms with Crippen molar-refractivity contribution in [1.29, 1.82) is 0 Å². The molecule has 0 aliphatic heterocycles. The Bertz CT molecular complexity index is 628. The van der Waals surface area contributed by atoms with Crippen LogP contribution in [0.3, 0.4) is 0 Å². The third-order valence-corrected chi connectivity index (χ3v) is 2.87. The van der Waals surface area contributed by atoms with E-state index in [0.29, 0.717) is 22.9 Å². The summed E-state index contributed by atoms with van der Waals surface area (Å²) in [4.78, 5) is 17.1. The third kappa shape index (κ3) is 1.75. The number of benzene rings is 1. The Labute approximate surface area is 86.1 Å². The molecule has 0 atom stereocenters. The molecular formula is C9H8N2O3S. The van der Waals surface area contributed by atoms with Crippen molar-refractivity contribution in [2.45, 2.75) is 5.16 Å². The average Bonchev–Trinajstić information content (AvgIpc) is 2.59. The van der Waals surface area contributed by atoms with Crippen molar-refractivity contribution in [3.8, 4) is 0 Å². The van der Waals surface area contributed by atoms with Gasteiger partial charge in [-0.3, -0.25) is 4.79 Å². The number of nitrogens with zero attached hydrogens (tertiary/aromatic N) is 1. The Balaban J connectivity index is 2.71. The second-order valence-corrected chi connectivity index (χ2v) is 5.14. The van der Waals surface area contributed by atoms with Crippen LogP contribution in [-0.2, 0) is 9.84 Å². The van der Waals surface area contributed by atoms with E-state index < -0.39 is 9.84 Å². The molecule has 15 heavy (non-hydrogen) atoms. The Morgan fingerprint density at radius 1 is 1.40 bits per heavy atom. The minimum atomic E-state index is -3.34. The van der Waals surface area contributed by atoms with E-state index in [1.165, 1.54) is 0 Å². The zero-order chi connectivity index (χ0) is 11.1. The Kier molecular flexibility index (Phi) is 2.08. The van der Waals surface area contributed by atoms with Gasteiger partial charge in [-0.15, -0.1) is 0 Å². The molecule has 0 fully saturated rings. The summed E-state index contributed by atoms with van der Waals surface area (Å²) < 4.78 is 22.4. The summed E-state index contributed by atoms with van der Waals surface area (Å²) in [5, 5.41) is -0.0828. The van der Waals surface area contributed by atoms with Gasteiger partial charge in [-0.25, -0.2) is 13.4 Å². The Morgan fingerprint density at radius 2 is 2.13 bits per heavy atom. The van der Waals surface area contributed by atoms with E-state index in [0.717, 1.165) is 6.26 Å². The molecule has 0 bridgehead atoms. The summed E-state index contributed by atoms with van der Waals surface area (Å²) in [5.74, 6) is 0. The van der Waals surface area contributed by atoms with Gasteiger partial charge in [0, 0.05) is 11.8 Å². The van der Waals surface area contributed by atoms with Crippen molar-refractivity contribution in [1.82, 2.24) is 9.97 Å². The number of aromatic amines is 1. The molecule has 1 N–H and O–H groups in total. The van der Waals surface area contributed by atoms with Crippen molar-refractivity contribution in [3.63, 3.8) is 0 Å². The predicted molar refractivity (Wildman–Crippen MR) is 54.6 cm³/mol. The normalized spacial score (nSPS) is 11.8. The number of carbonyl (C=O) groups excluding carboxylic acids is 1. The lowest BCUT2D eigenvalue weighted by Gasteiger charge is -1.88. The number of nitrogens with one attached hydrogen (secondary N) is 1. The molecule has 0 radical (unpaired) electrons. The number of hydrogen-bond donors (Lipinski definition) is 1. The highest BCUT2D eigenvalue weighted by molar-refractivity contribution is 7.90. The molecule has 6 heteroatoms. The molecule has 0 aliphatic carbocycles. The topological polar surface area (TPSA) is 79.9 Å². The van der Waals surface area contributed by atoms with Gasteiger partial charge in [0.1, 0.15) is 6.29 Å². The Hall–Kier alpha value is -1.69. The number of sulfone groups is 1. The molecule has 0 spiro atoms. The first-order chi connectivity index (χ1) is 7.00. The summed E-state index contributed by atoms with van der Waals surface area (Å²) in [6, 6.07) is 4.75. The number of H-pyrrole nitrogens is 1. The van der Waals surface area contributed by atoms with Gasteiger partial charge < -0.3 is 4.98 Å². The highest BCUT2D eigenvalue weighted by Crippen LogP contribution is 2.15. The monoisotopic (exact) mass is 224 g/mol. The molecule has 0 saturated carbocycles. The molecule has 1 aromatic carbocycles. The maximum Gasteiger partial charge on any atom is 0.225 e.